The van der Waals surface area contributed by atoms with Gasteiger partial charge in [0.15, 0.2) is 0 Å². The van der Waals surface area contributed by atoms with Gasteiger partial charge in [-0.1, -0.05) is 12.1 Å². The Hall–Kier alpha value is -1.62. The van der Waals surface area contributed by atoms with Crippen molar-refractivity contribution in [2.24, 2.45) is 5.73 Å². The fraction of sp³-hybridized carbons (Fsp3) is 0.300. The van der Waals surface area contributed by atoms with Gasteiger partial charge < -0.3 is 15.6 Å². The van der Waals surface area contributed by atoms with Crippen LogP contribution in [0.4, 0.5) is 9.18 Å². The number of hydrogen-bond donors (Lipinski definition) is 2. The Labute approximate surface area is 86.5 Å². The van der Waals surface area contributed by atoms with Crippen molar-refractivity contribution < 1.29 is 19.0 Å². The lowest BCUT2D eigenvalue weighted by Gasteiger charge is -2.10. The summed E-state index contributed by atoms with van der Waals surface area (Å²) >= 11 is 0. The number of hydrogen-bond acceptors (Lipinski definition) is 3. The summed E-state index contributed by atoms with van der Waals surface area (Å²) in [6.45, 7) is 0.00696. The number of carbonyl (C=O) groups is 1. The molecule has 0 aromatic heterocycles. The number of rotatable bonds is 4. The van der Waals surface area contributed by atoms with Gasteiger partial charge >= 0.3 is 6.09 Å². The molecule has 0 aliphatic heterocycles. The molecule has 0 spiro atoms. The highest BCUT2D eigenvalue weighted by Gasteiger charge is 2.08. The zero-order valence-electron chi connectivity index (χ0n) is 8.02. The lowest BCUT2D eigenvalue weighted by Crippen LogP contribution is -2.15. The zero-order valence-corrected chi connectivity index (χ0v) is 8.02. The Kier molecular flexibility index (Phi) is 4.05. The third-order valence-corrected chi connectivity index (χ3v) is 1.87. The van der Waals surface area contributed by atoms with E-state index in [1.54, 1.807) is 6.07 Å². The van der Waals surface area contributed by atoms with Gasteiger partial charge in [-0.3, -0.25) is 0 Å². The molecule has 1 aromatic carbocycles. The first kappa shape index (κ1) is 11.5. The maximum absolute atomic E-state index is 12.8. The maximum Gasteiger partial charge on any atom is 0.404 e. The molecule has 0 aliphatic rings. The molecule has 0 unspecified atom stereocenters. The Balaban J connectivity index is 2.46. The van der Waals surface area contributed by atoms with Crippen LogP contribution < -0.4 is 5.73 Å². The van der Waals surface area contributed by atoms with E-state index >= 15 is 0 Å². The molecule has 0 saturated carbocycles. The van der Waals surface area contributed by atoms with Crippen molar-refractivity contribution >= 4 is 6.09 Å². The molecule has 82 valence electrons. The Morgan fingerprint density at radius 1 is 1.60 bits per heavy atom. The molecule has 0 radical (unpaired) electrons. The van der Waals surface area contributed by atoms with Crippen LogP contribution in [0.1, 0.15) is 18.1 Å². The number of carbonyl (C=O) groups excluding carboxylic acids is 1. The predicted molar refractivity (Wildman–Crippen MR) is 51.5 cm³/mol. The summed E-state index contributed by atoms with van der Waals surface area (Å²) in [4.78, 5) is 10.2. The molecular weight excluding hydrogens is 201 g/mol. The zero-order chi connectivity index (χ0) is 11.3. The molecule has 1 rings (SSSR count). The van der Waals surface area contributed by atoms with Crippen LogP contribution in [0.5, 0.6) is 0 Å². The number of nitrogens with two attached hydrogens (primary N) is 1. The van der Waals surface area contributed by atoms with Gasteiger partial charge in [-0.2, -0.15) is 0 Å². The van der Waals surface area contributed by atoms with Crippen molar-refractivity contribution in [1.82, 2.24) is 0 Å². The average molecular weight is 213 g/mol. The van der Waals surface area contributed by atoms with Gasteiger partial charge in [0.1, 0.15) is 5.82 Å². The highest BCUT2D eigenvalue weighted by atomic mass is 19.1. The fourth-order valence-corrected chi connectivity index (χ4v) is 1.15. The normalized spacial score (nSPS) is 12.1. The third kappa shape index (κ3) is 3.95. The first-order valence-corrected chi connectivity index (χ1v) is 4.45. The molecule has 4 nitrogen and oxygen atoms in total. The number of primary amides is 1. The Morgan fingerprint density at radius 3 is 2.93 bits per heavy atom. The van der Waals surface area contributed by atoms with E-state index in [2.05, 4.69) is 4.74 Å². The van der Waals surface area contributed by atoms with Crippen LogP contribution in [0, 0.1) is 5.82 Å². The first-order chi connectivity index (χ1) is 7.09. The van der Waals surface area contributed by atoms with Crippen LogP contribution in [0.15, 0.2) is 24.3 Å². The first-order valence-electron chi connectivity index (χ1n) is 4.45. The monoisotopic (exact) mass is 213 g/mol. The molecule has 15 heavy (non-hydrogen) atoms. The summed E-state index contributed by atoms with van der Waals surface area (Å²) in [5, 5.41) is 9.56. The molecular formula is C10H12FNO3. The lowest BCUT2D eigenvalue weighted by molar-refractivity contribution is 0.111. The smallest absolute Gasteiger partial charge is 0.404 e. The van der Waals surface area contributed by atoms with Crippen LogP contribution in [-0.2, 0) is 4.74 Å². The minimum Gasteiger partial charge on any atom is -0.450 e. The predicted octanol–water partition coefficient (Wildman–Crippen LogP) is 1.34. The minimum atomic E-state index is -0.888. The van der Waals surface area contributed by atoms with Crippen LogP contribution in [0.25, 0.3) is 0 Å². The van der Waals surface area contributed by atoms with E-state index in [4.69, 9.17) is 5.73 Å². The van der Waals surface area contributed by atoms with Crippen molar-refractivity contribution in [2.45, 2.75) is 12.5 Å². The van der Waals surface area contributed by atoms with Gasteiger partial charge in [0.2, 0.25) is 0 Å². The molecule has 1 aromatic rings. The Bertz CT molecular complexity index is 343. The van der Waals surface area contributed by atoms with Gasteiger partial charge in [0, 0.05) is 6.42 Å². The molecule has 1 amide bonds. The molecule has 1 atom stereocenters. The van der Waals surface area contributed by atoms with E-state index in [0.29, 0.717) is 5.56 Å². The van der Waals surface area contributed by atoms with Crippen LogP contribution >= 0.6 is 0 Å². The van der Waals surface area contributed by atoms with Gasteiger partial charge in [-0.05, 0) is 17.7 Å². The summed E-state index contributed by atoms with van der Waals surface area (Å²) in [6.07, 6.45) is -1.56. The van der Waals surface area contributed by atoms with E-state index in [0.717, 1.165) is 0 Å². The van der Waals surface area contributed by atoms with Crippen molar-refractivity contribution in [1.29, 1.82) is 0 Å². The molecule has 0 aliphatic carbocycles. The molecule has 0 bridgehead atoms. The second-order valence-electron chi connectivity index (χ2n) is 3.03. The van der Waals surface area contributed by atoms with Crippen molar-refractivity contribution in [3.63, 3.8) is 0 Å². The van der Waals surface area contributed by atoms with Crippen molar-refractivity contribution in [3.05, 3.63) is 35.6 Å². The summed E-state index contributed by atoms with van der Waals surface area (Å²) in [6, 6.07) is 5.62. The summed E-state index contributed by atoms with van der Waals surface area (Å²) in [5.74, 6) is -0.414. The van der Waals surface area contributed by atoms with Gasteiger partial charge in [-0.15, -0.1) is 0 Å². The maximum atomic E-state index is 12.8. The Morgan fingerprint density at radius 2 is 2.33 bits per heavy atom. The fourth-order valence-electron chi connectivity index (χ4n) is 1.15. The summed E-state index contributed by atoms with van der Waals surface area (Å²) in [5.41, 5.74) is 5.19. The second-order valence-corrected chi connectivity index (χ2v) is 3.03. The number of ether oxygens (including phenoxy) is 1. The van der Waals surface area contributed by atoms with Crippen molar-refractivity contribution in [2.75, 3.05) is 6.61 Å². The van der Waals surface area contributed by atoms with Crippen LogP contribution in [0.2, 0.25) is 0 Å². The molecule has 3 N–H and O–H groups in total. The molecule has 0 fully saturated rings. The third-order valence-electron chi connectivity index (χ3n) is 1.87. The molecule has 0 heterocycles. The topological polar surface area (TPSA) is 72.6 Å². The second kappa shape index (κ2) is 5.31. The standard InChI is InChI=1S/C10H12FNO3/c11-8-3-1-2-7(6-8)9(13)4-5-15-10(12)14/h1-3,6,9,13H,4-5H2,(H2,12,14)/t9-/m0/s1. The van der Waals surface area contributed by atoms with Crippen LogP contribution in [-0.4, -0.2) is 17.8 Å². The van der Waals surface area contributed by atoms with E-state index in [-0.39, 0.29) is 13.0 Å². The van der Waals surface area contributed by atoms with E-state index in [1.807, 2.05) is 0 Å². The summed E-state index contributed by atoms with van der Waals surface area (Å²) in [7, 11) is 0. The van der Waals surface area contributed by atoms with Gasteiger partial charge in [0.05, 0.1) is 12.7 Å². The average Bonchev–Trinajstić information content (AvgIpc) is 2.17. The van der Waals surface area contributed by atoms with E-state index < -0.39 is 18.0 Å². The number of amides is 1. The van der Waals surface area contributed by atoms with Crippen LogP contribution in [0.3, 0.4) is 0 Å². The van der Waals surface area contributed by atoms with Gasteiger partial charge in [-0.25, -0.2) is 9.18 Å². The SMILES string of the molecule is NC(=O)OCC[C@H](O)c1cccc(F)c1. The lowest BCUT2D eigenvalue weighted by atomic mass is 10.1. The van der Waals surface area contributed by atoms with E-state index in [1.165, 1.54) is 18.2 Å². The highest BCUT2D eigenvalue weighted by molar-refractivity contribution is 5.64. The van der Waals surface area contributed by atoms with E-state index in [9.17, 15) is 14.3 Å². The largest absolute Gasteiger partial charge is 0.450 e. The van der Waals surface area contributed by atoms with Crippen molar-refractivity contribution in [3.8, 4) is 0 Å². The molecule has 5 heteroatoms. The minimum absolute atomic E-state index is 0.00696. The highest BCUT2D eigenvalue weighted by Crippen LogP contribution is 2.17. The quantitative estimate of drug-likeness (QED) is 0.792. The number of halogens is 1. The molecule has 0 saturated heterocycles. The number of aliphatic hydroxyl groups excluding tert-OH is 1. The number of benzene rings is 1. The number of aliphatic hydroxyl groups is 1. The van der Waals surface area contributed by atoms with Gasteiger partial charge in [0.25, 0.3) is 0 Å². The summed E-state index contributed by atoms with van der Waals surface area (Å²) < 4.78 is 17.2.